The fraction of sp³-hybridized carbons (Fsp3) is 0.444. The molecule has 0 unspecified atom stereocenters. The molecule has 1 aliphatic heterocycles. The van der Waals surface area contributed by atoms with Crippen LogP contribution in [0.1, 0.15) is 20.8 Å². The van der Waals surface area contributed by atoms with Crippen molar-refractivity contribution in [2.75, 3.05) is 31.1 Å². The third kappa shape index (κ3) is 3.73. The molecule has 24 heavy (non-hydrogen) atoms. The lowest BCUT2D eigenvalue weighted by atomic mass is 10.2. The van der Waals surface area contributed by atoms with Crippen molar-refractivity contribution in [2.24, 2.45) is 0 Å². The number of amides is 1. The summed E-state index contributed by atoms with van der Waals surface area (Å²) in [6.45, 7) is 8.27. The lowest BCUT2D eigenvalue weighted by Gasteiger charge is -2.36. The summed E-state index contributed by atoms with van der Waals surface area (Å²) in [6, 6.07) is 9.73. The standard InChI is InChI=1S/C18H22ClN3O2/c1-18(2,3)24-17(23)22-10-8-21(9-11-22)16-12-14(19)13-6-4-5-7-15(13)20-16/h4-7,12H,8-11H2,1-3H3. The molecule has 0 spiro atoms. The van der Waals surface area contributed by atoms with Gasteiger partial charge in [0.15, 0.2) is 0 Å². The Morgan fingerprint density at radius 1 is 1.17 bits per heavy atom. The molecular formula is C18H22ClN3O2. The number of pyridine rings is 1. The summed E-state index contributed by atoms with van der Waals surface area (Å²) in [5.74, 6) is 0.850. The topological polar surface area (TPSA) is 45.7 Å². The molecule has 0 atom stereocenters. The SMILES string of the molecule is CC(C)(C)OC(=O)N1CCN(c2cc(Cl)c3ccccc3n2)CC1. The van der Waals surface area contributed by atoms with Crippen molar-refractivity contribution >= 4 is 34.4 Å². The Morgan fingerprint density at radius 3 is 2.50 bits per heavy atom. The predicted molar refractivity (Wildman–Crippen MR) is 96.8 cm³/mol. The third-order valence-corrected chi connectivity index (χ3v) is 4.22. The summed E-state index contributed by atoms with van der Waals surface area (Å²) in [4.78, 5) is 20.7. The summed E-state index contributed by atoms with van der Waals surface area (Å²) in [5, 5.41) is 1.65. The molecule has 1 fully saturated rings. The fourth-order valence-corrected chi connectivity index (χ4v) is 2.98. The molecule has 128 valence electrons. The zero-order chi connectivity index (χ0) is 17.3. The molecule has 3 rings (SSSR count). The number of piperazine rings is 1. The molecule has 1 aromatic carbocycles. The Balaban J connectivity index is 1.70. The number of hydrogen-bond donors (Lipinski definition) is 0. The minimum Gasteiger partial charge on any atom is -0.444 e. The zero-order valence-electron chi connectivity index (χ0n) is 14.3. The van der Waals surface area contributed by atoms with Crippen molar-refractivity contribution in [3.05, 3.63) is 35.4 Å². The minimum atomic E-state index is -0.471. The number of rotatable bonds is 1. The molecule has 0 saturated carbocycles. The van der Waals surface area contributed by atoms with Gasteiger partial charge in [-0.05, 0) is 32.9 Å². The van der Waals surface area contributed by atoms with Crippen LogP contribution < -0.4 is 4.90 Å². The van der Waals surface area contributed by atoms with Gasteiger partial charge in [0.25, 0.3) is 0 Å². The second-order valence-electron chi connectivity index (χ2n) is 6.93. The van der Waals surface area contributed by atoms with E-state index in [-0.39, 0.29) is 6.09 Å². The van der Waals surface area contributed by atoms with Gasteiger partial charge in [0.1, 0.15) is 11.4 Å². The molecule has 1 amide bonds. The Bertz CT molecular complexity index is 750. The van der Waals surface area contributed by atoms with E-state index in [0.717, 1.165) is 16.7 Å². The highest BCUT2D eigenvalue weighted by Gasteiger charge is 2.26. The van der Waals surface area contributed by atoms with Crippen LogP contribution in [-0.4, -0.2) is 47.8 Å². The molecule has 5 nitrogen and oxygen atoms in total. The first-order valence-electron chi connectivity index (χ1n) is 8.12. The van der Waals surface area contributed by atoms with Crippen LogP contribution in [-0.2, 0) is 4.74 Å². The van der Waals surface area contributed by atoms with Crippen LogP contribution in [0.2, 0.25) is 5.02 Å². The fourth-order valence-electron chi connectivity index (χ4n) is 2.73. The van der Waals surface area contributed by atoms with Gasteiger partial charge in [0.05, 0.1) is 10.5 Å². The van der Waals surface area contributed by atoms with Crippen molar-refractivity contribution in [1.29, 1.82) is 0 Å². The normalized spacial score (nSPS) is 15.7. The molecule has 2 aromatic rings. The summed E-state index contributed by atoms with van der Waals surface area (Å²) >= 11 is 6.38. The number of carbonyl (C=O) groups is 1. The lowest BCUT2D eigenvalue weighted by molar-refractivity contribution is 0.0240. The summed E-state index contributed by atoms with van der Waals surface area (Å²) in [5.41, 5.74) is 0.413. The van der Waals surface area contributed by atoms with Gasteiger partial charge < -0.3 is 14.5 Å². The molecule has 0 aliphatic carbocycles. The minimum absolute atomic E-state index is 0.258. The second-order valence-corrected chi connectivity index (χ2v) is 7.34. The van der Waals surface area contributed by atoms with Gasteiger partial charge in [-0.3, -0.25) is 0 Å². The van der Waals surface area contributed by atoms with E-state index in [9.17, 15) is 4.79 Å². The van der Waals surface area contributed by atoms with Gasteiger partial charge in [0, 0.05) is 31.6 Å². The highest BCUT2D eigenvalue weighted by Crippen LogP contribution is 2.27. The Labute approximate surface area is 147 Å². The molecule has 0 N–H and O–H groups in total. The molecular weight excluding hydrogens is 326 g/mol. The Morgan fingerprint density at radius 2 is 1.83 bits per heavy atom. The lowest BCUT2D eigenvalue weighted by Crippen LogP contribution is -2.50. The van der Waals surface area contributed by atoms with E-state index in [1.165, 1.54) is 0 Å². The molecule has 1 saturated heterocycles. The Hall–Kier alpha value is -2.01. The Kier molecular flexibility index (Phi) is 4.54. The highest BCUT2D eigenvalue weighted by atomic mass is 35.5. The van der Waals surface area contributed by atoms with Gasteiger partial charge in [0.2, 0.25) is 0 Å². The number of ether oxygens (including phenoxy) is 1. The number of para-hydroxylation sites is 1. The van der Waals surface area contributed by atoms with Crippen molar-refractivity contribution in [3.63, 3.8) is 0 Å². The van der Waals surface area contributed by atoms with E-state index < -0.39 is 5.60 Å². The number of nitrogens with zero attached hydrogens (tertiary/aromatic N) is 3. The third-order valence-electron chi connectivity index (χ3n) is 3.91. The molecule has 2 heterocycles. The van der Waals surface area contributed by atoms with Crippen molar-refractivity contribution in [1.82, 2.24) is 9.88 Å². The first-order valence-corrected chi connectivity index (χ1v) is 8.49. The number of anilines is 1. The predicted octanol–water partition coefficient (Wildman–Crippen LogP) is 3.95. The van der Waals surface area contributed by atoms with Crippen LogP contribution in [0.3, 0.4) is 0 Å². The van der Waals surface area contributed by atoms with E-state index in [1.807, 2.05) is 51.1 Å². The first kappa shape index (κ1) is 16.8. The second kappa shape index (κ2) is 6.48. The van der Waals surface area contributed by atoms with Gasteiger partial charge in [-0.2, -0.15) is 0 Å². The molecule has 1 aliphatic rings. The van der Waals surface area contributed by atoms with Gasteiger partial charge in [-0.25, -0.2) is 9.78 Å². The number of halogens is 1. The smallest absolute Gasteiger partial charge is 0.410 e. The number of hydrogen-bond acceptors (Lipinski definition) is 4. The largest absolute Gasteiger partial charge is 0.444 e. The van der Waals surface area contributed by atoms with Crippen molar-refractivity contribution < 1.29 is 9.53 Å². The molecule has 0 radical (unpaired) electrons. The van der Waals surface area contributed by atoms with Gasteiger partial charge >= 0.3 is 6.09 Å². The van der Waals surface area contributed by atoms with E-state index in [0.29, 0.717) is 31.2 Å². The van der Waals surface area contributed by atoms with Crippen molar-refractivity contribution in [3.8, 4) is 0 Å². The highest BCUT2D eigenvalue weighted by molar-refractivity contribution is 6.35. The monoisotopic (exact) mass is 347 g/mol. The average molecular weight is 348 g/mol. The van der Waals surface area contributed by atoms with Gasteiger partial charge in [-0.1, -0.05) is 29.8 Å². The van der Waals surface area contributed by atoms with Crippen LogP contribution in [0.5, 0.6) is 0 Å². The van der Waals surface area contributed by atoms with Crippen LogP contribution in [0.25, 0.3) is 10.9 Å². The van der Waals surface area contributed by atoms with Crippen LogP contribution in [0, 0.1) is 0 Å². The molecule has 1 aromatic heterocycles. The summed E-state index contributed by atoms with van der Waals surface area (Å²) in [7, 11) is 0. The quantitative estimate of drug-likeness (QED) is 0.783. The summed E-state index contributed by atoms with van der Waals surface area (Å²) in [6.07, 6.45) is -0.258. The summed E-state index contributed by atoms with van der Waals surface area (Å²) < 4.78 is 5.43. The average Bonchev–Trinajstić information content (AvgIpc) is 2.53. The first-order chi connectivity index (χ1) is 11.3. The van der Waals surface area contributed by atoms with E-state index in [4.69, 9.17) is 21.3 Å². The number of benzene rings is 1. The van der Waals surface area contributed by atoms with Crippen LogP contribution >= 0.6 is 11.6 Å². The molecule has 0 bridgehead atoms. The van der Waals surface area contributed by atoms with Crippen LogP contribution in [0.15, 0.2) is 30.3 Å². The van der Waals surface area contributed by atoms with E-state index in [1.54, 1.807) is 4.90 Å². The van der Waals surface area contributed by atoms with Crippen LogP contribution in [0.4, 0.5) is 10.6 Å². The number of aromatic nitrogens is 1. The van der Waals surface area contributed by atoms with Gasteiger partial charge in [-0.15, -0.1) is 0 Å². The van der Waals surface area contributed by atoms with E-state index in [2.05, 4.69) is 4.90 Å². The maximum absolute atomic E-state index is 12.1. The number of fused-ring (bicyclic) bond motifs is 1. The maximum Gasteiger partial charge on any atom is 0.410 e. The number of carbonyl (C=O) groups excluding carboxylic acids is 1. The molecule has 6 heteroatoms. The van der Waals surface area contributed by atoms with E-state index >= 15 is 0 Å². The zero-order valence-corrected chi connectivity index (χ0v) is 15.0. The van der Waals surface area contributed by atoms with Crippen molar-refractivity contribution in [2.45, 2.75) is 26.4 Å². The maximum atomic E-state index is 12.1.